The van der Waals surface area contributed by atoms with Gasteiger partial charge < -0.3 is 14.9 Å². The lowest BCUT2D eigenvalue weighted by Gasteiger charge is -2.21. The molecule has 1 aromatic rings. The van der Waals surface area contributed by atoms with Crippen LogP contribution in [0.1, 0.15) is 38.3 Å². The van der Waals surface area contributed by atoms with Crippen molar-refractivity contribution in [1.82, 2.24) is 5.32 Å². The van der Waals surface area contributed by atoms with Crippen LogP contribution in [0.25, 0.3) is 0 Å². The van der Waals surface area contributed by atoms with Crippen LogP contribution in [0, 0.1) is 0 Å². The highest BCUT2D eigenvalue weighted by Crippen LogP contribution is 2.28. The predicted octanol–water partition coefficient (Wildman–Crippen LogP) is 2.30. The summed E-state index contributed by atoms with van der Waals surface area (Å²) in [4.78, 5) is 11.1. The monoisotopic (exact) mass is 267 g/mol. The van der Waals surface area contributed by atoms with Gasteiger partial charge in [0, 0.05) is 11.6 Å². The second-order valence-corrected chi connectivity index (χ2v) is 4.49. The molecule has 0 bridgehead atoms. The number of rotatable bonds is 7. The Kier molecular flexibility index (Phi) is 5.63. The molecule has 0 saturated heterocycles. The van der Waals surface area contributed by atoms with E-state index in [1.54, 1.807) is 25.3 Å². The molecular weight excluding hydrogens is 246 g/mol. The number of carboxylic acid groups (broad SMARTS) is 1. The highest BCUT2D eigenvalue weighted by atomic mass is 16.5. The highest BCUT2D eigenvalue weighted by Gasteiger charge is 2.21. The summed E-state index contributed by atoms with van der Waals surface area (Å²) >= 11 is 0. The van der Waals surface area contributed by atoms with Gasteiger partial charge in [0.15, 0.2) is 0 Å². The van der Waals surface area contributed by atoms with Crippen LogP contribution in [0.2, 0.25) is 0 Å². The molecule has 0 aliphatic heterocycles. The Hall–Kier alpha value is -1.75. The maximum atomic E-state index is 11.1. The van der Waals surface area contributed by atoms with Gasteiger partial charge in [-0.1, -0.05) is 13.3 Å². The smallest absolute Gasteiger partial charge is 0.320 e. The lowest BCUT2D eigenvalue weighted by Crippen LogP contribution is -2.38. The van der Waals surface area contributed by atoms with Gasteiger partial charge in [0.05, 0.1) is 7.11 Å². The fourth-order valence-corrected chi connectivity index (χ4v) is 1.96. The standard InChI is InChI=1S/C14H21NO4/c1-4-5-12(14(17)18)15-9(2)11-8-10(19-3)6-7-13(11)16/h6-9,12,15-16H,4-5H2,1-3H3,(H,17,18). The number of benzene rings is 1. The Morgan fingerprint density at radius 2 is 2.16 bits per heavy atom. The van der Waals surface area contributed by atoms with Crippen molar-refractivity contribution in [2.45, 2.75) is 38.8 Å². The Bertz CT molecular complexity index is 433. The maximum absolute atomic E-state index is 11.1. The van der Waals surface area contributed by atoms with E-state index in [0.717, 1.165) is 6.42 Å². The summed E-state index contributed by atoms with van der Waals surface area (Å²) in [6.07, 6.45) is 1.32. The van der Waals surface area contributed by atoms with E-state index >= 15 is 0 Å². The van der Waals surface area contributed by atoms with Crippen molar-refractivity contribution in [3.8, 4) is 11.5 Å². The molecule has 0 aromatic heterocycles. The van der Waals surface area contributed by atoms with Gasteiger partial charge in [0.25, 0.3) is 0 Å². The van der Waals surface area contributed by atoms with Gasteiger partial charge in [-0.2, -0.15) is 0 Å². The van der Waals surface area contributed by atoms with Crippen LogP contribution in [0.4, 0.5) is 0 Å². The van der Waals surface area contributed by atoms with Crippen LogP contribution < -0.4 is 10.1 Å². The number of phenolic OH excluding ortho intramolecular Hbond substituents is 1. The predicted molar refractivity (Wildman–Crippen MR) is 72.5 cm³/mol. The molecule has 0 spiro atoms. The summed E-state index contributed by atoms with van der Waals surface area (Å²) in [5, 5.41) is 22.0. The Morgan fingerprint density at radius 3 is 2.68 bits per heavy atom. The van der Waals surface area contributed by atoms with Gasteiger partial charge in [-0.15, -0.1) is 0 Å². The van der Waals surface area contributed by atoms with E-state index in [2.05, 4.69) is 5.32 Å². The number of hydrogen-bond donors (Lipinski definition) is 3. The van der Waals surface area contributed by atoms with Crippen LogP contribution in [-0.2, 0) is 4.79 Å². The van der Waals surface area contributed by atoms with Crippen molar-refractivity contribution < 1.29 is 19.7 Å². The number of carbonyl (C=O) groups is 1. The van der Waals surface area contributed by atoms with Gasteiger partial charge >= 0.3 is 5.97 Å². The quantitative estimate of drug-likeness (QED) is 0.706. The highest BCUT2D eigenvalue weighted by molar-refractivity contribution is 5.73. The van der Waals surface area contributed by atoms with E-state index < -0.39 is 12.0 Å². The Morgan fingerprint density at radius 1 is 1.47 bits per heavy atom. The SMILES string of the molecule is CCCC(NC(C)c1cc(OC)ccc1O)C(=O)O. The second-order valence-electron chi connectivity index (χ2n) is 4.49. The molecule has 106 valence electrons. The zero-order chi connectivity index (χ0) is 14.4. The molecule has 5 heteroatoms. The van der Waals surface area contributed by atoms with E-state index in [0.29, 0.717) is 17.7 Å². The van der Waals surface area contributed by atoms with Gasteiger partial charge in [-0.3, -0.25) is 10.1 Å². The molecule has 2 unspecified atom stereocenters. The summed E-state index contributed by atoms with van der Waals surface area (Å²) in [6, 6.07) is 4.01. The molecular formula is C14H21NO4. The minimum atomic E-state index is -0.879. The molecule has 3 N–H and O–H groups in total. The average molecular weight is 267 g/mol. The summed E-state index contributed by atoms with van der Waals surface area (Å²) in [5.41, 5.74) is 0.627. The first-order valence-corrected chi connectivity index (χ1v) is 6.35. The zero-order valence-corrected chi connectivity index (χ0v) is 11.5. The minimum absolute atomic E-state index is 0.126. The van der Waals surface area contributed by atoms with Crippen LogP contribution in [0.3, 0.4) is 0 Å². The third kappa shape index (κ3) is 4.13. The first-order valence-electron chi connectivity index (χ1n) is 6.35. The van der Waals surface area contributed by atoms with Crippen LogP contribution in [0.5, 0.6) is 11.5 Å². The molecule has 5 nitrogen and oxygen atoms in total. The molecule has 0 aliphatic rings. The number of aliphatic carboxylic acids is 1. The molecule has 0 aliphatic carbocycles. The Balaban J connectivity index is 2.86. The van der Waals surface area contributed by atoms with Gasteiger partial charge in [-0.25, -0.2) is 0 Å². The van der Waals surface area contributed by atoms with Crippen molar-refractivity contribution in [1.29, 1.82) is 0 Å². The van der Waals surface area contributed by atoms with Gasteiger partial charge in [0.1, 0.15) is 17.5 Å². The van der Waals surface area contributed by atoms with E-state index in [1.807, 2.05) is 13.8 Å². The van der Waals surface area contributed by atoms with Crippen molar-refractivity contribution in [2.75, 3.05) is 7.11 Å². The third-order valence-corrected chi connectivity index (χ3v) is 3.03. The lowest BCUT2D eigenvalue weighted by atomic mass is 10.0. The lowest BCUT2D eigenvalue weighted by molar-refractivity contribution is -0.139. The van der Waals surface area contributed by atoms with Crippen molar-refractivity contribution in [3.05, 3.63) is 23.8 Å². The van der Waals surface area contributed by atoms with E-state index in [-0.39, 0.29) is 11.8 Å². The number of carboxylic acids is 1. The van der Waals surface area contributed by atoms with Gasteiger partial charge in [0.2, 0.25) is 0 Å². The normalized spacial score (nSPS) is 13.8. The molecule has 1 rings (SSSR count). The van der Waals surface area contributed by atoms with Crippen molar-refractivity contribution in [3.63, 3.8) is 0 Å². The van der Waals surface area contributed by atoms with Crippen molar-refractivity contribution in [2.24, 2.45) is 0 Å². The van der Waals surface area contributed by atoms with Crippen LogP contribution in [0.15, 0.2) is 18.2 Å². The van der Waals surface area contributed by atoms with E-state index in [4.69, 9.17) is 9.84 Å². The fraction of sp³-hybridized carbons (Fsp3) is 0.500. The topological polar surface area (TPSA) is 78.8 Å². The summed E-state index contributed by atoms with van der Waals surface area (Å²) in [7, 11) is 1.55. The van der Waals surface area contributed by atoms with Crippen LogP contribution in [-0.4, -0.2) is 29.3 Å². The number of methoxy groups -OCH3 is 1. The number of aromatic hydroxyl groups is 1. The number of nitrogens with one attached hydrogen (secondary N) is 1. The zero-order valence-electron chi connectivity index (χ0n) is 11.5. The summed E-state index contributed by atoms with van der Waals surface area (Å²) in [6.45, 7) is 3.76. The molecule has 1 aromatic carbocycles. The second kappa shape index (κ2) is 6.99. The third-order valence-electron chi connectivity index (χ3n) is 3.03. The molecule has 0 heterocycles. The number of hydrogen-bond acceptors (Lipinski definition) is 4. The summed E-state index contributed by atoms with van der Waals surface area (Å²) < 4.78 is 5.10. The molecule has 0 saturated carbocycles. The minimum Gasteiger partial charge on any atom is -0.508 e. The first kappa shape index (κ1) is 15.3. The first-order chi connectivity index (χ1) is 8.99. The Labute approximate surface area is 113 Å². The molecule has 0 radical (unpaired) electrons. The largest absolute Gasteiger partial charge is 0.508 e. The number of phenols is 1. The maximum Gasteiger partial charge on any atom is 0.320 e. The number of ether oxygens (including phenoxy) is 1. The summed E-state index contributed by atoms with van der Waals surface area (Å²) in [5.74, 6) is -0.124. The molecule has 19 heavy (non-hydrogen) atoms. The van der Waals surface area contributed by atoms with E-state index in [9.17, 15) is 9.90 Å². The molecule has 0 amide bonds. The van der Waals surface area contributed by atoms with Crippen molar-refractivity contribution >= 4 is 5.97 Å². The van der Waals surface area contributed by atoms with E-state index in [1.165, 1.54) is 0 Å². The average Bonchev–Trinajstić information content (AvgIpc) is 2.38. The molecule has 2 atom stereocenters. The molecule has 0 fully saturated rings. The fourth-order valence-electron chi connectivity index (χ4n) is 1.96. The van der Waals surface area contributed by atoms with Gasteiger partial charge in [-0.05, 0) is 31.5 Å². The van der Waals surface area contributed by atoms with Crippen LogP contribution >= 0.6 is 0 Å².